The lowest BCUT2D eigenvalue weighted by Gasteiger charge is -2.30. The minimum absolute atomic E-state index is 0.154. The highest BCUT2D eigenvalue weighted by Crippen LogP contribution is 2.58. The zero-order chi connectivity index (χ0) is 32.2. The summed E-state index contributed by atoms with van der Waals surface area (Å²) in [5.41, 5.74) is 1.29. The molecule has 43 heavy (non-hydrogen) atoms. The van der Waals surface area contributed by atoms with Crippen LogP contribution in [0, 0.1) is 0 Å². The molecule has 16 heteroatoms. The van der Waals surface area contributed by atoms with Crippen molar-refractivity contribution in [3.8, 4) is 0 Å². The van der Waals surface area contributed by atoms with Crippen LogP contribution in [0.25, 0.3) is 10.9 Å². The molecule has 1 heterocycles. The van der Waals surface area contributed by atoms with E-state index in [2.05, 4.69) is 23.7 Å². The van der Waals surface area contributed by atoms with Crippen LogP contribution in [0.15, 0.2) is 30.5 Å². The summed E-state index contributed by atoms with van der Waals surface area (Å²) in [5, 5.41) is 1.24. The van der Waals surface area contributed by atoms with Crippen molar-refractivity contribution in [1.82, 2.24) is 14.3 Å². The lowest BCUT2D eigenvalue weighted by Crippen LogP contribution is -2.40. The fourth-order valence-electron chi connectivity index (χ4n) is 4.80. The number of hydrogen-bond donors (Lipinski definition) is 4. The van der Waals surface area contributed by atoms with Gasteiger partial charge in [-0.1, -0.05) is 44.7 Å². The number of hydrogen-bond acceptors (Lipinski definition) is 7. The minimum Gasteiger partial charge on any atom is -0.449 e. The molecule has 0 bridgehead atoms. The molecule has 0 spiro atoms. The van der Waals surface area contributed by atoms with Crippen molar-refractivity contribution in [1.29, 1.82) is 0 Å². The fraction of sp³-hybridized carbons (Fsp3) is 0.593. The lowest BCUT2D eigenvalue weighted by molar-refractivity contribution is -0.124. The number of carbonyl (C=O) groups is 2. The zero-order valence-electron chi connectivity index (χ0n) is 24.8. The normalized spacial score (nSPS) is 12.9. The number of aromatic nitrogens is 1. The van der Waals surface area contributed by atoms with Crippen LogP contribution in [-0.2, 0) is 18.7 Å². The van der Waals surface area contributed by atoms with Crippen molar-refractivity contribution < 1.29 is 43.0 Å². The molecule has 2 amide bonds. The van der Waals surface area contributed by atoms with Crippen LogP contribution in [0.1, 0.15) is 72.1 Å². The molecule has 0 aliphatic rings. The Labute approximate surface area is 257 Å². The Morgan fingerprint density at radius 1 is 0.977 bits per heavy atom. The maximum Gasteiger partial charge on any atom is 0.441 e. The number of amides is 2. The summed E-state index contributed by atoms with van der Waals surface area (Å²) < 4.78 is 27.6. The van der Waals surface area contributed by atoms with Gasteiger partial charge in [-0.25, -0.2) is 13.9 Å². The number of rotatable bonds is 18. The second kappa shape index (κ2) is 17.4. The van der Waals surface area contributed by atoms with E-state index in [1.807, 2.05) is 13.0 Å². The van der Waals surface area contributed by atoms with E-state index in [4.69, 9.17) is 35.9 Å². The molecule has 1 unspecified atom stereocenters. The molecular weight excluding hydrogens is 622 g/mol. The summed E-state index contributed by atoms with van der Waals surface area (Å²) in [6.07, 6.45) is 4.86. The fourth-order valence-corrected chi connectivity index (χ4v) is 7.01. The third-order valence-electron chi connectivity index (χ3n) is 7.03. The van der Waals surface area contributed by atoms with Crippen molar-refractivity contribution in [2.45, 2.75) is 78.2 Å². The highest BCUT2D eigenvalue weighted by Gasteiger charge is 2.43. The van der Waals surface area contributed by atoms with E-state index in [0.29, 0.717) is 41.9 Å². The lowest BCUT2D eigenvalue weighted by atomic mass is 10.1. The van der Waals surface area contributed by atoms with Crippen molar-refractivity contribution in [3.05, 3.63) is 35.5 Å². The van der Waals surface area contributed by atoms with Gasteiger partial charge in [0.15, 0.2) is 0 Å². The number of anilines is 1. The first-order chi connectivity index (χ1) is 20.2. The largest absolute Gasteiger partial charge is 0.449 e. The predicted octanol–water partition coefficient (Wildman–Crippen LogP) is 5.70. The first-order valence-corrected chi connectivity index (χ1v) is 17.9. The Morgan fingerprint density at radius 2 is 1.60 bits per heavy atom. The van der Waals surface area contributed by atoms with Gasteiger partial charge in [-0.2, -0.15) is 4.44 Å². The van der Waals surface area contributed by atoms with Crippen molar-refractivity contribution in [2.24, 2.45) is 0 Å². The number of halogens is 1. The van der Waals surface area contributed by atoms with Gasteiger partial charge in [0.05, 0.1) is 17.8 Å². The van der Waals surface area contributed by atoms with Gasteiger partial charge in [-0.15, -0.1) is 0 Å². The molecule has 0 aliphatic carbocycles. The Balaban J connectivity index is 1.95. The van der Waals surface area contributed by atoms with Crippen molar-refractivity contribution in [2.75, 3.05) is 31.1 Å². The maximum atomic E-state index is 13.4. The number of pyridine rings is 1. The predicted molar refractivity (Wildman–Crippen MR) is 166 cm³/mol. The number of carbonyl (C=O) groups excluding carboxylic acids is 2. The van der Waals surface area contributed by atoms with Crippen LogP contribution in [0.2, 0.25) is 5.02 Å². The summed E-state index contributed by atoms with van der Waals surface area (Å²) in [6.45, 7) is 9.20. The molecule has 4 N–H and O–H groups in total. The molecule has 1 aromatic heterocycles. The van der Waals surface area contributed by atoms with Crippen LogP contribution >= 0.6 is 27.1 Å². The highest BCUT2D eigenvalue weighted by molar-refractivity contribution is 7.66. The summed E-state index contributed by atoms with van der Waals surface area (Å²) in [7, 11) is -10.9. The second-order valence-corrected chi connectivity index (χ2v) is 13.8. The third-order valence-corrected chi connectivity index (χ3v) is 10.1. The van der Waals surface area contributed by atoms with E-state index in [-0.39, 0.29) is 19.1 Å². The quantitative estimate of drug-likeness (QED) is 0.113. The van der Waals surface area contributed by atoms with Crippen LogP contribution in [0.3, 0.4) is 0 Å². The van der Waals surface area contributed by atoms with Gasteiger partial charge in [-0.3, -0.25) is 14.7 Å². The van der Waals surface area contributed by atoms with E-state index in [1.54, 1.807) is 29.3 Å². The molecule has 0 aliphatic heterocycles. The van der Waals surface area contributed by atoms with Gasteiger partial charge >= 0.3 is 21.6 Å². The number of nitrogens with zero attached hydrogens (tertiary/aromatic N) is 4. The third kappa shape index (κ3) is 11.7. The molecule has 1 aromatic carbocycles. The number of fused-ring (bicyclic) bond motifs is 1. The molecule has 0 fully saturated rings. The zero-order valence-corrected chi connectivity index (χ0v) is 27.4. The Bertz CT molecular complexity index is 1280. The number of ether oxygens (including phenoxy) is 1. The van der Waals surface area contributed by atoms with Crippen molar-refractivity contribution >= 4 is 55.7 Å². The SMILES string of the molecule is CCN(CC)CCCC(C)N(C(=O)OCCCCCCCC(=O)N(P(=O)(O)O)P(=O)(O)O)c1cc(Cl)cc2ncccc12. The summed E-state index contributed by atoms with van der Waals surface area (Å²) in [5.74, 6) is -1.31. The molecule has 0 saturated carbocycles. The second-order valence-electron chi connectivity index (χ2n) is 10.2. The van der Waals surface area contributed by atoms with Crippen LogP contribution in [-0.4, -0.2) is 78.2 Å². The van der Waals surface area contributed by atoms with Crippen LogP contribution < -0.4 is 4.90 Å². The first kappa shape index (κ1) is 37.1. The van der Waals surface area contributed by atoms with Gasteiger partial charge < -0.3 is 29.2 Å². The summed E-state index contributed by atoms with van der Waals surface area (Å²) >= 11 is 6.40. The van der Waals surface area contributed by atoms with Gasteiger partial charge in [0, 0.05) is 29.1 Å². The van der Waals surface area contributed by atoms with Gasteiger partial charge in [0.1, 0.15) is 0 Å². The topological polar surface area (TPSA) is 181 Å². The molecule has 13 nitrogen and oxygen atoms in total. The molecular formula is C27H43ClN4O9P2. The molecule has 2 aromatic rings. The summed E-state index contributed by atoms with van der Waals surface area (Å²) in [6, 6.07) is 7.01. The molecule has 0 saturated heterocycles. The monoisotopic (exact) mass is 664 g/mol. The average Bonchev–Trinajstić information content (AvgIpc) is 2.91. The summed E-state index contributed by atoms with van der Waals surface area (Å²) in [4.78, 5) is 70.2. The van der Waals surface area contributed by atoms with E-state index in [1.165, 1.54) is 0 Å². The molecule has 0 radical (unpaired) electrons. The Morgan fingerprint density at radius 3 is 2.23 bits per heavy atom. The van der Waals surface area contributed by atoms with E-state index in [9.17, 15) is 18.7 Å². The average molecular weight is 665 g/mol. The van der Waals surface area contributed by atoms with Gasteiger partial charge in [0.25, 0.3) is 0 Å². The Kier molecular flexibility index (Phi) is 15.0. The minimum atomic E-state index is -5.45. The van der Waals surface area contributed by atoms with E-state index >= 15 is 0 Å². The first-order valence-electron chi connectivity index (χ1n) is 14.4. The van der Waals surface area contributed by atoms with Crippen LogP contribution in [0.5, 0.6) is 0 Å². The molecule has 2 rings (SSSR count). The van der Waals surface area contributed by atoms with E-state index < -0.39 is 38.4 Å². The standard InChI is InChI=1S/C27H43ClN4O9P2/c1-4-30(5-2)17-12-13-21(3)31(25-20-22(28)19-24-23(25)14-11-16-29-24)27(34)41-18-10-8-6-7-9-15-26(33)32(42(35,36)37)43(38,39)40/h11,14,16,19-21H,4-10,12-13,15,17-18H2,1-3H3,(H2,35,36,37)(H2,38,39,40). The number of benzene rings is 1. The highest BCUT2D eigenvalue weighted by atomic mass is 35.5. The smallest absolute Gasteiger partial charge is 0.441 e. The van der Waals surface area contributed by atoms with Crippen molar-refractivity contribution in [3.63, 3.8) is 0 Å². The Hall–Kier alpha value is -2.08. The van der Waals surface area contributed by atoms with Crippen LogP contribution in [0.4, 0.5) is 10.5 Å². The molecule has 242 valence electrons. The van der Waals surface area contributed by atoms with Gasteiger partial charge in [-0.05, 0) is 76.5 Å². The maximum absolute atomic E-state index is 13.4. The van der Waals surface area contributed by atoms with E-state index in [0.717, 1.165) is 37.9 Å². The number of unbranched alkanes of at least 4 members (excludes halogenated alkanes) is 4. The van der Waals surface area contributed by atoms with Gasteiger partial charge in [0.2, 0.25) is 5.91 Å². The molecule has 1 atom stereocenters.